The van der Waals surface area contributed by atoms with Crippen LogP contribution in [0.3, 0.4) is 0 Å². The molecule has 1 saturated heterocycles. The zero-order chi connectivity index (χ0) is 9.97. The van der Waals surface area contributed by atoms with Gasteiger partial charge >= 0.3 is 0 Å². The first-order valence-corrected chi connectivity index (χ1v) is 5.05. The van der Waals surface area contributed by atoms with E-state index in [1.807, 2.05) is 4.57 Å². The number of carbonyl (C=O) groups is 1. The number of nitrogens with zero attached hydrogens (tertiary/aromatic N) is 3. The minimum atomic E-state index is 0.113. The topological polar surface area (TPSA) is 59.8 Å². The molecular weight excluding hydrogens is 204 g/mol. The van der Waals surface area contributed by atoms with Gasteiger partial charge in [-0.15, -0.1) is 21.8 Å². The number of piperidine rings is 1. The molecule has 1 aliphatic heterocycles. The maximum atomic E-state index is 11.0. The maximum Gasteiger partial charge on any atom is 0.220 e. The summed E-state index contributed by atoms with van der Waals surface area (Å²) in [5.41, 5.74) is 0. The minimum absolute atomic E-state index is 0.113. The Bertz CT molecular complexity index is 328. The molecule has 1 atom stereocenters. The Morgan fingerprint density at radius 3 is 3.21 bits per heavy atom. The molecule has 1 N–H and O–H groups in total. The van der Waals surface area contributed by atoms with Gasteiger partial charge in [0.25, 0.3) is 0 Å². The van der Waals surface area contributed by atoms with Gasteiger partial charge in [-0.05, 0) is 6.42 Å². The smallest absolute Gasteiger partial charge is 0.220 e. The van der Waals surface area contributed by atoms with Crippen molar-refractivity contribution in [1.82, 2.24) is 20.1 Å². The van der Waals surface area contributed by atoms with E-state index in [4.69, 9.17) is 11.6 Å². The Morgan fingerprint density at radius 2 is 2.57 bits per heavy atom. The molecule has 0 spiro atoms. The van der Waals surface area contributed by atoms with Crippen molar-refractivity contribution in [2.45, 2.75) is 24.8 Å². The molecule has 0 radical (unpaired) electrons. The van der Waals surface area contributed by atoms with Gasteiger partial charge in [0, 0.05) is 13.0 Å². The highest BCUT2D eigenvalue weighted by atomic mass is 35.5. The van der Waals surface area contributed by atoms with Crippen LogP contribution in [0.4, 0.5) is 0 Å². The zero-order valence-corrected chi connectivity index (χ0v) is 8.37. The van der Waals surface area contributed by atoms with Crippen molar-refractivity contribution in [1.29, 1.82) is 0 Å². The van der Waals surface area contributed by atoms with Crippen molar-refractivity contribution in [2.75, 3.05) is 6.54 Å². The van der Waals surface area contributed by atoms with E-state index < -0.39 is 0 Å². The average Bonchev–Trinajstić information content (AvgIpc) is 2.67. The van der Waals surface area contributed by atoms with Crippen LogP contribution in [-0.2, 0) is 10.7 Å². The third-order valence-electron chi connectivity index (χ3n) is 2.40. The number of amides is 1. The lowest BCUT2D eigenvalue weighted by Crippen LogP contribution is -2.36. The monoisotopic (exact) mass is 214 g/mol. The molecule has 76 valence electrons. The van der Waals surface area contributed by atoms with Crippen molar-refractivity contribution >= 4 is 17.5 Å². The van der Waals surface area contributed by atoms with Crippen LogP contribution in [0.2, 0.25) is 0 Å². The largest absolute Gasteiger partial charge is 0.354 e. The van der Waals surface area contributed by atoms with Gasteiger partial charge in [-0.3, -0.25) is 4.79 Å². The second-order valence-corrected chi connectivity index (χ2v) is 3.55. The third-order valence-corrected chi connectivity index (χ3v) is 2.64. The predicted octanol–water partition coefficient (Wildman–Crippen LogP) is 0.468. The first-order valence-electron chi connectivity index (χ1n) is 4.52. The van der Waals surface area contributed by atoms with Crippen LogP contribution in [0.25, 0.3) is 0 Å². The van der Waals surface area contributed by atoms with Gasteiger partial charge in [-0.25, -0.2) is 0 Å². The Kier molecular flexibility index (Phi) is 2.67. The van der Waals surface area contributed by atoms with Gasteiger partial charge in [0.2, 0.25) is 5.91 Å². The van der Waals surface area contributed by atoms with E-state index in [9.17, 15) is 4.79 Å². The lowest BCUT2D eigenvalue weighted by Gasteiger charge is -2.24. The molecule has 1 unspecified atom stereocenters. The summed E-state index contributed by atoms with van der Waals surface area (Å²) in [6.45, 7) is 0.640. The zero-order valence-electron chi connectivity index (χ0n) is 7.61. The first kappa shape index (κ1) is 9.45. The van der Waals surface area contributed by atoms with Crippen LogP contribution in [0.15, 0.2) is 6.33 Å². The normalized spacial score (nSPS) is 22.1. The van der Waals surface area contributed by atoms with Crippen LogP contribution in [0, 0.1) is 0 Å². The molecule has 5 nitrogen and oxygen atoms in total. The molecule has 1 amide bonds. The van der Waals surface area contributed by atoms with Gasteiger partial charge in [0.1, 0.15) is 12.2 Å². The maximum absolute atomic E-state index is 11.0. The fourth-order valence-electron chi connectivity index (χ4n) is 1.62. The standard InChI is InChI=1S/C8H11ClN4O/c9-3-7-12-11-5-13(7)6-1-2-8(14)10-4-6/h5-6H,1-4H2,(H,10,14). The summed E-state index contributed by atoms with van der Waals surface area (Å²) in [4.78, 5) is 11.0. The van der Waals surface area contributed by atoms with Crippen molar-refractivity contribution < 1.29 is 4.79 Å². The van der Waals surface area contributed by atoms with Crippen LogP contribution in [-0.4, -0.2) is 27.2 Å². The number of hydrogen-bond acceptors (Lipinski definition) is 3. The number of rotatable bonds is 2. The third kappa shape index (κ3) is 1.72. The van der Waals surface area contributed by atoms with Crippen molar-refractivity contribution in [3.05, 3.63) is 12.2 Å². The minimum Gasteiger partial charge on any atom is -0.354 e. The van der Waals surface area contributed by atoms with E-state index in [1.165, 1.54) is 0 Å². The highest BCUT2D eigenvalue weighted by Crippen LogP contribution is 2.18. The molecule has 2 heterocycles. The number of halogens is 1. The molecule has 0 aromatic carbocycles. The van der Waals surface area contributed by atoms with Gasteiger partial charge in [-0.1, -0.05) is 0 Å². The summed E-state index contributed by atoms with van der Waals surface area (Å²) in [5, 5.41) is 10.5. The Labute approximate surface area is 86.5 Å². The Morgan fingerprint density at radius 1 is 1.71 bits per heavy atom. The predicted molar refractivity (Wildman–Crippen MR) is 50.9 cm³/mol. The molecule has 0 saturated carbocycles. The Balaban J connectivity index is 2.11. The van der Waals surface area contributed by atoms with Crippen molar-refractivity contribution in [3.63, 3.8) is 0 Å². The Hall–Kier alpha value is -1.10. The first-order chi connectivity index (χ1) is 6.81. The SMILES string of the molecule is O=C1CCC(n2cnnc2CCl)CN1. The summed E-state index contributed by atoms with van der Waals surface area (Å²) in [5.74, 6) is 1.22. The average molecular weight is 215 g/mol. The van der Waals surface area contributed by atoms with E-state index in [1.54, 1.807) is 6.33 Å². The second-order valence-electron chi connectivity index (χ2n) is 3.28. The molecule has 1 aromatic heterocycles. The van der Waals surface area contributed by atoms with Gasteiger partial charge in [0.05, 0.1) is 11.9 Å². The van der Waals surface area contributed by atoms with Crippen LogP contribution in [0.1, 0.15) is 24.7 Å². The molecular formula is C8H11ClN4O. The van der Waals surface area contributed by atoms with Crippen LogP contribution >= 0.6 is 11.6 Å². The highest BCUT2D eigenvalue weighted by molar-refractivity contribution is 6.16. The highest BCUT2D eigenvalue weighted by Gasteiger charge is 2.21. The van der Waals surface area contributed by atoms with Gasteiger partial charge in [-0.2, -0.15) is 0 Å². The number of nitrogens with one attached hydrogen (secondary N) is 1. The summed E-state index contributed by atoms with van der Waals surface area (Å²) in [6, 6.07) is 0.247. The van der Waals surface area contributed by atoms with E-state index >= 15 is 0 Å². The molecule has 0 aliphatic carbocycles. The van der Waals surface area contributed by atoms with E-state index in [2.05, 4.69) is 15.5 Å². The molecule has 1 aromatic rings. The molecule has 6 heteroatoms. The lowest BCUT2D eigenvalue weighted by atomic mass is 10.1. The molecule has 0 bridgehead atoms. The molecule has 1 aliphatic rings. The number of alkyl halides is 1. The summed E-state index contributed by atoms with van der Waals surface area (Å²) in [7, 11) is 0. The molecule has 1 fully saturated rings. The number of aromatic nitrogens is 3. The molecule has 14 heavy (non-hydrogen) atoms. The fraction of sp³-hybridized carbons (Fsp3) is 0.625. The summed E-state index contributed by atoms with van der Waals surface area (Å²) >= 11 is 5.71. The summed E-state index contributed by atoms with van der Waals surface area (Å²) < 4.78 is 1.94. The number of carbonyl (C=O) groups excluding carboxylic acids is 1. The quantitative estimate of drug-likeness (QED) is 0.728. The van der Waals surface area contributed by atoms with Gasteiger partial charge < -0.3 is 9.88 Å². The van der Waals surface area contributed by atoms with E-state index in [0.29, 0.717) is 18.8 Å². The molecule has 2 rings (SSSR count). The van der Waals surface area contributed by atoms with Gasteiger partial charge in [0.15, 0.2) is 0 Å². The van der Waals surface area contributed by atoms with Crippen LogP contribution < -0.4 is 5.32 Å². The number of hydrogen-bond donors (Lipinski definition) is 1. The van der Waals surface area contributed by atoms with Crippen LogP contribution in [0.5, 0.6) is 0 Å². The fourth-order valence-corrected chi connectivity index (χ4v) is 1.82. The summed E-state index contributed by atoms with van der Waals surface area (Å²) in [6.07, 6.45) is 3.05. The second kappa shape index (κ2) is 3.96. The van der Waals surface area contributed by atoms with Crippen molar-refractivity contribution in [3.8, 4) is 0 Å². The van der Waals surface area contributed by atoms with E-state index in [-0.39, 0.29) is 11.9 Å². The van der Waals surface area contributed by atoms with Crippen molar-refractivity contribution in [2.24, 2.45) is 0 Å². The lowest BCUT2D eigenvalue weighted by molar-refractivity contribution is -0.122. The van der Waals surface area contributed by atoms with E-state index in [0.717, 1.165) is 12.2 Å².